The summed E-state index contributed by atoms with van der Waals surface area (Å²) in [5.41, 5.74) is 1.75. The van der Waals surface area contributed by atoms with E-state index in [1.165, 1.54) is 0 Å². The summed E-state index contributed by atoms with van der Waals surface area (Å²) in [6, 6.07) is 30.4. The van der Waals surface area contributed by atoms with Crippen LogP contribution in [0.25, 0.3) is 0 Å². The number of aliphatic hydroxyl groups is 1. The second-order valence-corrected chi connectivity index (χ2v) is 11.9. The first-order valence-corrected chi connectivity index (χ1v) is 16.4. The van der Waals surface area contributed by atoms with Crippen molar-refractivity contribution in [2.45, 2.75) is 56.7 Å². The summed E-state index contributed by atoms with van der Waals surface area (Å²) in [5, 5.41) is 10.8. The molecule has 0 amide bonds. The maximum Gasteiger partial charge on any atom is 0.343 e. The molecule has 4 aromatic rings. The van der Waals surface area contributed by atoms with E-state index < -0.39 is 42.0 Å². The minimum Gasteiger partial charge on any atom is -0.490 e. The summed E-state index contributed by atoms with van der Waals surface area (Å²) >= 11 is 0. The molecular formula is C41H42O8. The van der Waals surface area contributed by atoms with Gasteiger partial charge in [0.05, 0.1) is 23.8 Å². The topological polar surface area (TPSA) is 101 Å². The number of hydrogen-bond acceptors (Lipinski definition) is 8. The Kier molecular flexibility index (Phi) is 11.8. The Labute approximate surface area is 287 Å². The van der Waals surface area contributed by atoms with Crippen LogP contribution < -0.4 is 9.47 Å². The molecule has 1 heterocycles. The Morgan fingerprint density at radius 3 is 2.08 bits per heavy atom. The molecule has 8 heteroatoms. The molecule has 8 nitrogen and oxygen atoms in total. The molecule has 0 unspecified atom stereocenters. The smallest absolute Gasteiger partial charge is 0.343 e. The van der Waals surface area contributed by atoms with Gasteiger partial charge in [-0.05, 0) is 56.2 Å². The quantitative estimate of drug-likeness (QED) is 0.0783. The van der Waals surface area contributed by atoms with Crippen LogP contribution in [0, 0.1) is 0 Å². The molecule has 0 aromatic heterocycles. The number of carbonyl (C=O) groups is 2. The van der Waals surface area contributed by atoms with Crippen molar-refractivity contribution in [3.63, 3.8) is 0 Å². The average Bonchev–Trinajstić information content (AvgIpc) is 3.49. The van der Waals surface area contributed by atoms with Gasteiger partial charge >= 0.3 is 11.9 Å². The van der Waals surface area contributed by atoms with Crippen molar-refractivity contribution < 1.29 is 38.4 Å². The zero-order valence-electron chi connectivity index (χ0n) is 27.8. The predicted octanol–water partition coefficient (Wildman–Crippen LogP) is 7.78. The average molecular weight is 663 g/mol. The van der Waals surface area contributed by atoms with E-state index in [-0.39, 0.29) is 18.8 Å². The van der Waals surface area contributed by atoms with Crippen molar-refractivity contribution in [1.82, 2.24) is 0 Å². The lowest BCUT2D eigenvalue weighted by atomic mass is 9.78. The molecule has 0 spiro atoms. The molecule has 5 rings (SSSR count). The largest absolute Gasteiger partial charge is 0.490 e. The number of ether oxygens (including phenoxy) is 5. The fraction of sp³-hybridized carbons (Fsp3) is 0.268. The first-order chi connectivity index (χ1) is 23.8. The maximum atomic E-state index is 13.2. The van der Waals surface area contributed by atoms with Crippen LogP contribution in [0.3, 0.4) is 0 Å². The second kappa shape index (κ2) is 16.4. The van der Waals surface area contributed by atoms with Crippen molar-refractivity contribution in [3.05, 3.63) is 156 Å². The van der Waals surface area contributed by atoms with Crippen LogP contribution >= 0.6 is 0 Å². The van der Waals surface area contributed by atoms with Crippen LogP contribution in [-0.2, 0) is 20.6 Å². The molecule has 1 saturated heterocycles. The molecule has 0 bridgehead atoms. The molecule has 0 aliphatic carbocycles. The number of hydrogen-bond donors (Lipinski definition) is 1. The third-order valence-corrected chi connectivity index (χ3v) is 8.35. The van der Waals surface area contributed by atoms with Gasteiger partial charge in [0, 0.05) is 23.5 Å². The summed E-state index contributed by atoms with van der Waals surface area (Å²) in [4.78, 5) is 26.3. The van der Waals surface area contributed by atoms with Crippen LogP contribution in [0.15, 0.2) is 128 Å². The van der Waals surface area contributed by atoms with Gasteiger partial charge in [-0.2, -0.15) is 0 Å². The second-order valence-electron chi connectivity index (χ2n) is 11.9. The highest BCUT2D eigenvalue weighted by Crippen LogP contribution is 2.49. The molecule has 1 N–H and O–H groups in total. The first-order valence-electron chi connectivity index (χ1n) is 16.4. The summed E-state index contributed by atoms with van der Waals surface area (Å²) in [7, 11) is 0. The number of esters is 2. The van der Waals surface area contributed by atoms with Gasteiger partial charge in [0.1, 0.15) is 18.3 Å². The number of benzene rings is 4. The van der Waals surface area contributed by atoms with Gasteiger partial charge in [-0.15, -0.1) is 13.2 Å². The fourth-order valence-electron chi connectivity index (χ4n) is 6.24. The SMILES string of the molecule is C=CCc1c([C@@H](C=C)[C@@H]2O[C@H](c3ccccc3)O[C@]2(COC(=O)c2ccccc2)C[C@H](C)O)ccc(OC(=O)c2ccccc2)c1OCC. The monoisotopic (exact) mass is 662 g/mol. The third kappa shape index (κ3) is 8.17. The summed E-state index contributed by atoms with van der Waals surface area (Å²) in [5.74, 6) is -0.950. The summed E-state index contributed by atoms with van der Waals surface area (Å²) in [6.45, 7) is 11.8. The van der Waals surface area contributed by atoms with Gasteiger partial charge in [-0.1, -0.05) is 84.9 Å². The highest BCUT2D eigenvalue weighted by Gasteiger charge is 2.55. The van der Waals surface area contributed by atoms with E-state index in [0.29, 0.717) is 29.9 Å². The molecule has 1 aliphatic rings. The molecule has 0 radical (unpaired) electrons. The highest BCUT2D eigenvalue weighted by molar-refractivity contribution is 5.91. The van der Waals surface area contributed by atoms with Crippen molar-refractivity contribution in [2.75, 3.05) is 13.2 Å². The lowest BCUT2D eigenvalue weighted by molar-refractivity contribution is -0.121. The van der Waals surface area contributed by atoms with Gasteiger partial charge in [0.25, 0.3) is 0 Å². The van der Waals surface area contributed by atoms with E-state index in [0.717, 1.165) is 16.7 Å². The Bertz CT molecular complexity index is 1720. The zero-order valence-corrected chi connectivity index (χ0v) is 27.8. The number of carbonyl (C=O) groups excluding carboxylic acids is 2. The van der Waals surface area contributed by atoms with E-state index in [1.807, 2.05) is 55.5 Å². The molecule has 1 aliphatic heterocycles. The Morgan fingerprint density at radius 1 is 0.898 bits per heavy atom. The van der Waals surface area contributed by atoms with E-state index in [1.54, 1.807) is 73.7 Å². The van der Waals surface area contributed by atoms with Crippen LogP contribution in [0.1, 0.15) is 69.9 Å². The number of allylic oxidation sites excluding steroid dienone is 1. The first kappa shape index (κ1) is 35.3. The maximum absolute atomic E-state index is 13.2. The van der Waals surface area contributed by atoms with Gasteiger partial charge in [-0.25, -0.2) is 9.59 Å². The lowest BCUT2D eigenvalue weighted by Gasteiger charge is -2.37. The minimum atomic E-state index is -1.30. The van der Waals surface area contributed by atoms with Crippen molar-refractivity contribution in [2.24, 2.45) is 0 Å². The third-order valence-electron chi connectivity index (χ3n) is 8.35. The van der Waals surface area contributed by atoms with E-state index in [4.69, 9.17) is 23.7 Å². The summed E-state index contributed by atoms with van der Waals surface area (Å²) in [6.07, 6.45) is 1.50. The van der Waals surface area contributed by atoms with Crippen molar-refractivity contribution in [3.8, 4) is 11.5 Å². The molecular weight excluding hydrogens is 620 g/mol. The Morgan fingerprint density at radius 2 is 1.51 bits per heavy atom. The van der Waals surface area contributed by atoms with E-state index in [9.17, 15) is 14.7 Å². The van der Waals surface area contributed by atoms with Crippen LogP contribution in [0.4, 0.5) is 0 Å². The Hall–Kier alpha value is -5.02. The van der Waals surface area contributed by atoms with Gasteiger partial charge in [0.2, 0.25) is 0 Å². The number of aliphatic hydroxyl groups excluding tert-OH is 1. The number of rotatable bonds is 15. The van der Waals surface area contributed by atoms with Gasteiger partial charge in [0.15, 0.2) is 17.8 Å². The van der Waals surface area contributed by atoms with E-state index in [2.05, 4.69) is 13.2 Å². The van der Waals surface area contributed by atoms with Gasteiger partial charge in [-0.3, -0.25) is 0 Å². The zero-order chi connectivity index (χ0) is 34.8. The van der Waals surface area contributed by atoms with Crippen LogP contribution in [0.5, 0.6) is 11.5 Å². The highest BCUT2D eigenvalue weighted by atomic mass is 16.7. The minimum absolute atomic E-state index is 0.0926. The standard InChI is InChI=1S/C41H42O8/c1-5-17-34-33(24-25-35(36(34)45-7-3)47-39(44)30-20-13-9-14-21-30)32(6-2)37-41(26-28(4)42,27-46-38(43)29-18-11-8-12-19-29)49-40(48-37)31-22-15-10-16-23-31/h5-6,8-16,18-25,28,32,37,40,42H,1-2,7,17,26-27H2,3-4H3/t28-,32+,37-,40-,41-/m0/s1. The van der Waals surface area contributed by atoms with Crippen LogP contribution in [0.2, 0.25) is 0 Å². The molecule has 5 atom stereocenters. The lowest BCUT2D eigenvalue weighted by Crippen LogP contribution is -2.49. The van der Waals surface area contributed by atoms with Crippen molar-refractivity contribution >= 4 is 11.9 Å². The van der Waals surface area contributed by atoms with Crippen LogP contribution in [-0.4, -0.2) is 48.1 Å². The molecule has 49 heavy (non-hydrogen) atoms. The van der Waals surface area contributed by atoms with E-state index >= 15 is 0 Å². The van der Waals surface area contributed by atoms with Crippen molar-refractivity contribution in [1.29, 1.82) is 0 Å². The fourth-order valence-corrected chi connectivity index (χ4v) is 6.24. The Balaban J connectivity index is 1.59. The molecule has 1 fully saturated rings. The summed E-state index contributed by atoms with van der Waals surface area (Å²) < 4.78 is 31.4. The predicted molar refractivity (Wildman–Crippen MR) is 187 cm³/mol. The normalized spacial score (nSPS) is 19.7. The van der Waals surface area contributed by atoms with Gasteiger partial charge < -0.3 is 28.8 Å². The molecule has 4 aromatic carbocycles. The molecule has 0 saturated carbocycles. The molecule has 254 valence electrons.